The van der Waals surface area contributed by atoms with E-state index in [1.54, 1.807) is 20.3 Å². The molecule has 0 fully saturated rings. The lowest BCUT2D eigenvalue weighted by molar-refractivity contribution is 0.320. The van der Waals surface area contributed by atoms with E-state index in [1.165, 1.54) is 0 Å². The predicted molar refractivity (Wildman–Crippen MR) is 83.3 cm³/mol. The van der Waals surface area contributed by atoms with E-state index >= 15 is 0 Å². The third-order valence-electron chi connectivity index (χ3n) is 3.04. The quantitative estimate of drug-likeness (QED) is 0.518. The predicted octanol–water partition coefficient (Wildman–Crippen LogP) is 3.60. The van der Waals surface area contributed by atoms with Gasteiger partial charge >= 0.3 is 0 Å². The molecule has 0 heterocycles. The molecule has 4 nitrogen and oxygen atoms in total. The molecule has 0 amide bonds. The molecule has 0 aromatic heterocycles. The Morgan fingerprint density at radius 2 is 1.43 bits per heavy atom. The van der Waals surface area contributed by atoms with E-state index in [1.807, 2.05) is 54.6 Å². The molecule has 4 heteroatoms. The maximum atomic E-state index is 9.15. The highest BCUT2D eigenvalue weighted by Gasteiger charge is 2.01. The summed E-state index contributed by atoms with van der Waals surface area (Å²) >= 11 is 0. The second-order valence-electron chi connectivity index (χ2n) is 4.32. The minimum Gasteiger partial charge on any atom is -0.497 e. The lowest BCUT2D eigenvalue weighted by Crippen LogP contribution is -1.96. The van der Waals surface area contributed by atoms with Gasteiger partial charge in [-0.2, -0.15) is 0 Å². The molecule has 1 N–H and O–H groups in total. The Balaban J connectivity index is 2.15. The van der Waals surface area contributed by atoms with Gasteiger partial charge in [-0.15, -0.1) is 0 Å². The van der Waals surface area contributed by atoms with Crippen LogP contribution in [0.2, 0.25) is 0 Å². The molecule has 2 aromatic rings. The van der Waals surface area contributed by atoms with Crippen molar-refractivity contribution in [2.75, 3.05) is 14.2 Å². The molecule has 0 unspecified atom stereocenters. The fourth-order valence-electron chi connectivity index (χ4n) is 1.84. The molecule has 2 aromatic carbocycles. The second-order valence-corrected chi connectivity index (χ2v) is 4.32. The van der Waals surface area contributed by atoms with E-state index in [0.29, 0.717) is 5.71 Å². The summed E-state index contributed by atoms with van der Waals surface area (Å²) in [5.74, 6) is 1.56. The minimum absolute atomic E-state index is 0.480. The van der Waals surface area contributed by atoms with Gasteiger partial charge in [-0.3, -0.25) is 0 Å². The molecule has 2 rings (SSSR count). The van der Waals surface area contributed by atoms with Crippen molar-refractivity contribution in [3.8, 4) is 11.5 Å². The first kappa shape index (κ1) is 14.7. The van der Waals surface area contributed by atoms with Crippen LogP contribution < -0.4 is 9.47 Å². The molecule has 108 valence electrons. The summed E-state index contributed by atoms with van der Waals surface area (Å²) in [5, 5.41) is 12.5. The summed E-state index contributed by atoms with van der Waals surface area (Å²) in [7, 11) is 3.24. The van der Waals surface area contributed by atoms with Crippen molar-refractivity contribution < 1.29 is 14.7 Å². The fourth-order valence-corrected chi connectivity index (χ4v) is 1.84. The highest BCUT2D eigenvalue weighted by molar-refractivity contribution is 6.10. The van der Waals surface area contributed by atoms with Crippen LogP contribution in [0.4, 0.5) is 0 Å². The zero-order chi connectivity index (χ0) is 15.1. The van der Waals surface area contributed by atoms with Gasteiger partial charge in [0.25, 0.3) is 0 Å². The summed E-state index contributed by atoms with van der Waals surface area (Å²) in [4.78, 5) is 0. The van der Waals surface area contributed by atoms with E-state index in [2.05, 4.69) is 5.16 Å². The number of rotatable bonds is 5. The molecule has 0 atom stereocenters. The van der Waals surface area contributed by atoms with E-state index in [4.69, 9.17) is 14.7 Å². The second kappa shape index (κ2) is 7.14. The SMILES string of the molecule is COc1ccc(/C=C/C(=N\O)c2ccc(OC)cc2)cc1. The molecule has 0 saturated heterocycles. The average molecular weight is 283 g/mol. The van der Waals surface area contributed by atoms with E-state index < -0.39 is 0 Å². The van der Waals surface area contributed by atoms with Crippen LogP contribution >= 0.6 is 0 Å². The van der Waals surface area contributed by atoms with Gasteiger partial charge in [0.05, 0.1) is 14.2 Å². The van der Waals surface area contributed by atoms with E-state index in [0.717, 1.165) is 22.6 Å². The third kappa shape index (κ3) is 3.86. The van der Waals surface area contributed by atoms with E-state index in [-0.39, 0.29) is 0 Å². The first-order valence-electron chi connectivity index (χ1n) is 6.45. The van der Waals surface area contributed by atoms with Crippen LogP contribution in [-0.4, -0.2) is 25.1 Å². The number of ether oxygens (including phenoxy) is 2. The van der Waals surface area contributed by atoms with Crippen LogP contribution in [-0.2, 0) is 0 Å². The van der Waals surface area contributed by atoms with Gasteiger partial charge in [-0.1, -0.05) is 23.4 Å². The molecule has 0 aliphatic heterocycles. The van der Waals surface area contributed by atoms with Crippen molar-refractivity contribution in [3.63, 3.8) is 0 Å². The molecule has 0 spiro atoms. The van der Waals surface area contributed by atoms with Crippen LogP contribution in [0.1, 0.15) is 11.1 Å². The largest absolute Gasteiger partial charge is 0.497 e. The summed E-state index contributed by atoms with van der Waals surface area (Å²) in [6.45, 7) is 0. The van der Waals surface area contributed by atoms with Gasteiger partial charge in [-0.25, -0.2) is 0 Å². The number of hydrogen-bond donors (Lipinski definition) is 1. The zero-order valence-electron chi connectivity index (χ0n) is 12.0. The maximum absolute atomic E-state index is 9.15. The van der Waals surface area contributed by atoms with Crippen molar-refractivity contribution in [3.05, 3.63) is 65.7 Å². The monoisotopic (exact) mass is 283 g/mol. The molecular formula is C17H17NO3. The van der Waals surface area contributed by atoms with Crippen molar-refractivity contribution in [1.82, 2.24) is 0 Å². The van der Waals surface area contributed by atoms with Crippen LogP contribution in [0.15, 0.2) is 59.8 Å². The molecule has 0 radical (unpaired) electrons. The minimum atomic E-state index is 0.480. The normalized spacial score (nSPS) is 11.6. The average Bonchev–Trinajstić information content (AvgIpc) is 2.56. The van der Waals surface area contributed by atoms with Crippen molar-refractivity contribution >= 4 is 11.8 Å². The number of oxime groups is 1. The van der Waals surface area contributed by atoms with Crippen LogP contribution in [0.25, 0.3) is 6.08 Å². The molecule has 0 aliphatic carbocycles. The van der Waals surface area contributed by atoms with Gasteiger partial charge in [-0.05, 0) is 48.0 Å². The summed E-state index contributed by atoms with van der Waals surface area (Å²) in [6.07, 6.45) is 3.63. The van der Waals surface area contributed by atoms with Crippen LogP contribution in [0, 0.1) is 0 Å². The Hall–Kier alpha value is -2.75. The maximum Gasteiger partial charge on any atom is 0.118 e. The van der Waals surface area contributed by atoms with Crippen molar-refractivity contribution in [2.45, 2.75) is 0 Å². The number of allylic oxidation sites excluding steroid dienone is 1. The topological polar surface area (TPSA) is 51.0 Å². The summed E-state index contributed by atoms with van der Waals surface area (Å²) in [5.41, 5.74) is 2.28. The number of nitrogens with zero attached hydrogens (tertiary/aromatic N) is 1. The first-order chi connectivity index (χ1) is 10.3. The van der Waals surface area contributed by atoms with Crippen molar-refractivity contribution in [2.24, 2.45) is 5.16 Å². The van der Waals surface area contributed by atoms with Gasteiger partial charge in [0.1, 0.15) is 17.2 Å². The molecule has 21 heavy (non-hydrogen) atoms. The van der Waals surface area contributed by atoms with Gasteiger partial charge in [0, 0.05) is 5.56 Å². The summed E-state index contributed by atoms with van der Waals surface area (Å²) < 4.78 is 10.2. The lowest BCUT2D eigenvalue weighted by atomic mass is 10.1. The van der Waals surface area contributed by atoms with E-state index in [9.17, 15) is 0 Å². The fraction of sp³-hybridized carbons (Fsp3) is 0.118. The molecular weight excluding hydrogens is 266 g/mol. The third-order valence-corrected chi connectivity index (χ3v) is 3.04. The van der Waals surface area contributed by atoms with Gasteiger partial charge in [0.2, 0.25) is 0 Å². The summed E-state index contributed by atoms with van der Waals surface area (Å²) in [6, 6.07) is 14.9. The molecule has 0 aliphatic rings. The van der Waals surface area contributed by atoms with Gasteiger partial charge < -0.3 is 14.7 Å². The Labute approximate surface area is 123 Å². The number of methoxy groups -OCH3 is 2. The zero-order valence-corrected chi connectivity index (χ0v) is 12.0. The van der Waals surface area contributed by atoms with Gasteiger partial charge in [0.15, 0.2) is 0 Å². The van der Waals surface area contributed by atoms with Crippen molar-refractivity contribution in [1.29, 1.82) is 0 Å². The van der Waals surface area contributed by atoms with Crippen LogP contribution in [0.5, 0.6) is 11.5 Å². The Kier molecular flexibility index (Phi) is 4.99. The smallest absolute Gasteiger partial charge is 0.118 e. The highest BCUT2D eigenvalue weighted by atomic mass is 16.5. The Morgan fingerprint density at radius 1 is 0.905 bits per heavy atom. The first-order valence-corrected chi connectivity index (χ1v) is 6.45. The number of benzene rings is 2. The Bertz CT molecular complexity index is 628. The highest BCUT2D eigenvalue weighted by Crippen LogP contribution is 2.15. The van der Waals surface area contributed by atoms with Crippen LogP contribution in [0.3, 0.4) is 0 Å². The number of hydrogen-bond acceptors (Lipinski definition) is 4. The Morgan fingerprint density at radius 3 is 1.90 bits per heavy atom. The molecule has 0 bridgehead atoms. The molecule has 0 saturated carbocycles. The lowest BCUT2D eigenvalue weighted by Gasteiger charge is -2.03. The standard InChI is InChI=1S/C17H17NO3/c1-20-15-8-3-13(4-9-15)5-12-17(18-19)14-6-10-16(21-2)11-7-14/h3-12,19H,1-2H3/b12-5+,18-17+.